The molecule has 0 saturated heterocycles. The number of hydrogen-bond acceptors (Lipinski definition) is 5. The normalized spacial score (nSPS) is 15.9. The van der Waals surface area contributed by atoms with E-state index in [1.165, 1.54) is 6.08 Å². The minimum absolute atomic E-state index is 0.0440. The SMILES string of the molecule is CC[C@H](C)NC(=O)COC(=O)C1=CCC(=O)NN1. The van der Waals surface area contributed by atoms with Crippen molar-refractivity contribution in [2.45, 2.75) is 32.7 Å². The first-order valence-corrected chi connectivity index (χ1v) is 5.74. The highest BCUT2D eigenvalue weighted by atomic mass is 16.5. The van der Waals surface area contributed by atoms with E-state index in [0.29, 0.717) is 0 Å². The number of rotatable bonds is 5. The highest BCUT2D eigenvalue weighted by Crippen LogP contribution is 2.00. The van der Waals surface area contributed by atoms with Gasteiger partial charge in [0.1, 0.15) is 5.70 Å². The molecule has 7 nitrogen and oxygen atoms in total. The monoisotopic (exact) mass is 255 g/mol. The van der Waals surface area contributed by atoms with Crippen molar-refractivity contribution in [3.63, 3.8) is 0 Å². The zero-order valence-electron chi connectivity index (χ0n) is 10.4. The van der Waals surface area contributed by atoms with Crippen molar-refractivity contribution in [2.75, 3.05) is 6.61 Å². The summed E-state index contributed by atoms with van der Waals surface area (Å²) < 4.78 is 4.79. The fourth-order valence-electron chi connectivity index (χ4n) is 1.20. The molecule has 2 amide bonds. The number of hydrogen-bond donors (Lipinski definition) is 3. The molecule has 0 aromatic rings. The molecule has 7 heteroatoms. The lowest BCUT2D eigenvalue weighted by Crippen LogP contribution is -2.43. The Balaban J connectivity index is 2.33. The first-order valence-electron chi connectivity index (χ1n) is 5.74. The average molecular weight is 255 g/mol. The van der Waals surface area contributed by atoms with E-state index in [0.717, 1.165) is 6.42 Å². The molecule has 1 heterocycles. The van der Waals surface area contributed by atoms with Crippen LogP contribution in [0.4, 0.5) is 0 Å². The van der Waals surface area contributed by atoms with Crippen molar-refractivity contribution in [3.05, 3.63) is 11.8 Å². The van der Waals surface area contributed by atoms with E-state index in [4.69, 9.17) is 4.74 Å². The molecule has 18 heavy (non-hydrogen) atoms. The molecule has 3 N–H and O–H groups in total. The maximum atomic E-state index is 11.5. The topological polar surface area (TPSA) is 96.5 Å². The minimum Gasteiger partial charge on any atom is -0.451 e. The second kappa shape index (κ2) is 6.63. The fourth-order valence-corrected chi connectivity index (χ4v) is 1.20. The Labute approximate surface area is 105 Å². The van der Waals surface area contributed by atoms with Crippen LogP contribution in [0.1, 0.15) is 26.7 Å². The first kappa shape index (κ1) is 14.0. The van der Waals surface area contributed by atoms with Gasteiger partial charge in [-0.15, -0.1) is 0 Å². The lowest BCUT2D eigenvalue weighted by molar-refractivity contribution is -0.145. The molecular weight excluding hydrogens is 238 g/mol. The Bertz CT molecular complexity index is 378. The number of amides is 2. The summed E-state index contributed by atoms with van der Waals surface area (Å²) in [4.78, 5) is 33.7. The lowest BCUT2D eigenvalue weighted by Gasteiger charge is -2.16. The Hall–Kier alpha value is -2.05. The maximum absolute atomic E-state index is 11.5. The minimum atomic E-state index is -0.672. The van der Waals surface area contributed by atoms with Gasteiger partial charge in [-0.2, -0.15) is 0 Å². The van der Waals surface area contributed by atoms with Crippen LogP contribution in [0.5, 0.6) is 0 Å². The molecule has 0 aromatic carbocycles. The molecule has 0 saturated carbocycles. The molecule has 0 fully saturated rings. The lowest BCUT2D eigenvalue weighted by atomic mass is 10.2. The summed E-state index contributed by atoms with van der Waals surface area (Å²) in [5.41, 5.74) is 4.81. The fraction of sp³-hybridized carbons (Fsp3) is 0.545. The van der Waals surface area contributed by atoms with Gasteiger partial charge >= 0.3 is 5.97 Å². The summed E-state index contributed by atoms with van der Waals surface area (Å²) in [6.07, 6.45) is 2.32. The number of nitrogens with one attached hydrogen (secondary N) is 3. The number of carbonyl (C=O) groups excluding carboxylic acids is 3. The first-order chi connectivity index (χ1) is 8.52. The second-order valence-corrected chi connectivity index (χ2v) is 3.95. The summed E-state index contributed by atoms with van der Waals surface area (Å²) in [7, 11) is 0. The Morgan fingerprint density at radius 3 is 2.78 bits per heavy atom. The quantitative estimate of drug-likeness (QED) is 0.567. The Morgan fingerprint density at radius 1 is 1.50 bits per heavy atom. The van der Waals surface area contributed by atoms with Crippen molar-refractivity contribution >= 4 is 17.8 Å². The van der Waals surface area contributed by atoms with Gasteiger partial charge in [0.25, 0.3) is 5.91 Å². The zero-order valence-corrected chi connectivity index (χ0v) is 10.4. The molecule has 1 rings (SSSR count). The third kappa shape index (κ3) is 4.44. The summed E-state index contributed by atoms with van der Waals surface area (Å²) in [6.45, 7) is 3.47. The van der Waals surface area contributed by atoms with Crippen molar-refractivity contribution in [1.29, 1.82) is 0 Å². The van der Waals surface area contributed by atoms with Crippen LogP contribution in [-0.4, -0.2) is 30.4 Å². The Kier molecular flexibility index (Phi) is 5.16. The van der Waals surface area contributed by atoms with Gasteiger partial charge in [-0.3, -0.25) is 20.4 Å². The number of ether oxygens (including phenoxy) is 1. The standard InChI is InChI=1S/C11H17N3O4/c1-3-7(2)12-10(16)6-18-11(17)8-4-5-9(15)14-13-8/h4,7,13H,3,5-6H2,1-2H3,(H,12,16)(H,14,15)/t7-/m0/s1. The molecule has 0 aromatic heterocycles. The van der Waals surface area contributed by atoms with Gasteiger partial charge < -0.3 is 10.1 Å². The molecule has 0 aliphatic carbocycles. The third-order valence-electron chi connectivity index (χ3n) is 2.40. The molecule has 1 aliphatic rings. The van der Waals surface area contributed by atoms with E-state index >= 15 is 0 Å². The molecule has 0 spiro atoms. The van der Waals surface area contributed by atoms with Crippen molar-refractivity contribution in [1.82, 2.24) is 16.2 Å². The van der Waals surface area contributed by atoms with E-state index < -0.39 is 5.97 Å². The molecular formula is C11H17N3O4. The van der Waals surface area contributed by atoms with Crippen LogP contribution >= 0.6 is 0 Å². The van der Waals surface area contributed by atoms with Crippen LogP contribution < -0.4 is 16.2 Å². The van der Waals surface area contributed by atoms with E-state index in [1.54, 1.807) is 0 Å². The molecule has 0 radical (unpaired) electrons. The van der Waals surface area contributed by atoms with Gasteiger partial charge in [-0.1, -0.05) is 6.92 Å². The van der Waals surface area contributed by atoms with Crippen LogP contribution in [0.25, 0.3) is 0 Å². The summed E-state index contributed by atoms with van der Waals surface area (Å²) in [5, 5.41) is 2.67. The smallest absolute Gasteiger partial charge is 0.356 e. The average Bonchev–Trinajstić information content (AvgIpc) is 2.36. The summed E-state index contributed by atoms with van der Waals surface area (Å²) in [5.74, 6) is -1.26. The van der Waals surface area contributed by atoms with Gasteiger partial charge in [0.05, 0.1) is 0 Å². The van der Waals surface area contributed by atoms with E-state index in [9.17, 15) is 14.4 Å². The van der Waals surface area contributed by atoms with E-state index in [1.807, 2.05) is 13.8 Å². The molecule has 1 aliphatic heterocycles. The molecule has 0 unspecified atom stereocenters. The number of hydrazine groups is 1. The van der Waals surface area contributed by atoms with Gasteiger partial charge in [-0.05, 0) is 19.4 Å². The van der Waals surface area contributed by atoms with Crippen molar-refractivity contribution < 1.29 is 19.1 Å². The second-order valence-electron chi connectivity index (χ2n) is 3.95. The van der Waals surface area contributed by atoms with Crippen LogP contribution in [0.15, 0.2) is 11.8 Å². The molecule has 100 valence electrons. The summed E-state index contributed by atoms with van der Waals surface area (Å²) >= 11 is 0. The number of esters is 1. The van der Waals surface area contributed by atoms with Gasteiger partial charge in [0, 0.05) is 12.5 Å². The Morgan fingerprint density at radius 2 is 2.22 bits per heavy atom. The largest absolute Gasteiger partial charge is 0.451 e. The highest BCUT2D eigenvalue weighted by molar-refractivity contribution is 5.92. The predicted octanol–water partition coefficient (Wildman–Crippen LogP) is -0.647. The van der Waals surface area contributed by atoms with E-state index in [-0.39, 0.29) is 36.6 Å². The third-order valence-corrected chi connectivity index (χ3v) is 2.40. The highest BCUT2D eigenvalue weighted by Gasteiger charge is 2.17. The summed E-state index contributed by atoms with van der Waals surface area (Å²) in [6, 6.07) is 0.0440. The molecule has 0 bridgehead atoms. The van der Waals surface area contributed by atoms with Crippen LogP contribution in [0.3, 0.4) is 0 Å². The zero-order chi connectivity index (χ0) is 13.5. The van der Waals surface area contributed by atoms with Crippen molar-refractivity contribution in [2.24, 2.45) is 0 Å². The van der Waals surface area contributed by atoms with Crippen molar-refractivity contribution in [3.8, 4) is 0 Å². The van der Waals surface area contributed by atoms with E-state index in [2.05, 4.69) is 16.2 Å². The van der Waals surface area contributed by atoms with Gasteiger partial charge in [0.15, 0.2) is 6.61 Å². The van der Waals surface area contributed by atoms with Crippen LogP contribution in [0.2, 0.25) is 0 Å². The van der Waals surface area contributed by atoms with Gasteiger partial charge in [0.2, 0.25) is 5.91 Å². The van der Waals surface area contributed by atoms with Gasteiger partial charge in [-0.25, -0.2) is 4.79 Å². The van der Waals surface area contributed by atoms with Crippen LogP contribution in [0, 0.1) is 0 Å². The number of carbonyl (C=O) groups is 3. The predicted molar refractivity (Wildman–Crippen MR) is 62.8 cm³/mol. The molecule has 1 atom stereocenters. The van der Waals surface area contributed by atoms with Crippen LogP contribution in [-0.2, 0) is 19.1 Å². The maximum Gasteiger partial charge on any atom is 0.356 e.